The van der Waals surface area contributed by atoms with E-state index in [1.165, 1.54) is 18.2 Å². The molecule has 0 radical (unpaired) electrons. The topological polar surface area (TPSA) is 42.1 Å². The van der Waals surface area contributed by atoms with Gasteiger partial charge in [0.05, 0.1) is 5.56 Å². The van der Waals surface area contributed by atoms with Gasteiger partial charge in [-0.15, -0.1) is 0 Å². The van der Waals surface area contributed by atoms with Crippen LogP contribution >= 0.6 is 11.6 Å². The third-order valence-corrected chi connectivity index (χ3v) is 3.42. The molecule has 0 aliphatic heterocycles. The van der Waals surface area contributed by atoms with E-state index in [4.69, 9.17) is 16.3 Å². The van der Waals surface area contributed by atoms with Gasteiger partial charge < -0.3 is 9.72 Å². The molecule has 2 aromatic carbocycles. The Labute approximate surface area is 133 Å². The van der Waals surface area contributed by atoms with E-state index < -0.39 is 17.3 Å². The Bertz CT molecular complexity index is 917. The molecule has 1 aromatic heterocycles. The van der Waals surface area contributed by atoms with E-state index in [2.05, 4.69) is 4.98 Å². The van der Waals surface area contributed by atoms with Crippen molar-refractivity contribution in [3.8, 4) is 11.5 Å². The summed E-state index contributed by atoms with van der Waals surface area (Å²) >= 11 is 5.76. The summed E-state index contributed by atoms with van der Waals surface area (Å²) in [7, 11) is 0. The summed E-state index contributed by atoms with van der Waals surface area (Å²) in [6.07, 6.45) is -4.63. The molecule has 0 amide bonds. The molecule has 0 aliphatic carbocycles. The Morgan fingerprint density at radius 1 is 0.957 bits per heavy atom. The number of nitrogens with one attached hydrogen (secondary N) is 1. The molecule has 0 fully saturated rings. The van der Waals surface area contributed by atoms with Crippen LogP contribution < -0.4 is 10.3 Å². The zero-order valence-corrected chi connectivity index (χ0v) is 12.2. The van der Waals surface area contributed by atoms with E-state index in [0.717, 1.165) is 0 Å². The molecular formula is C16H9ClF3NO2. The lowest BCUT2D eigenvalue weighted by atomic mass is 10.1. The molecule has 0 saturated carbocycles. The molecule has 1 heterocycles. The van der Waals surface area contributed by atoms with E-state index >= 15 is 0 Å². The third kappa shape index (κ3) is 3.32. The van der Waals surface area contributed by atoms with Crippen LogP contribution in [-0.4, -0.2) is 4.98 Å². The van der Waals surface area contributed by atoms with Crippen LogP contribution in [0.2, 0.25) is 5.02 Å². The van der Waals surface area contributed by atoms with Crippen molar-refractivity contribution >= 4 is 22.5 Å². The highest BCUT2D eigenvalue weighted by Crippen LogP contribution is 2.35. The van der Waals surface area contributed by atoms with E-state index in [9.17, 15) is 18.0 Å². The molecule has 3 aromatic rings. The third-order valence-electron chi connectivity index (χ3n) is 3.17. The fourth-order valence-corrected chi connectivity index (χ4v) is 2.30. The number of halogens is 4. The monoisotopic (exact) mass is 339 g/mol. The lowest BCUT2D eigenvalue weighted by Gasteiger charge is -2.12. The summed E-state index contributed by atoms with van der Waals surface area (Å²) in [6.45, 7) is 0. The molecule has 7 heteroatoms. The number of alkyl halides is 3. The van der Waals surface area contributed by atoms with Crippen molar-refractivity contribution in [2.75, 3.05) is 0 Å². The van der Waals surface area contributed by atoms with Gasteiger partial charge >= 0.3 is 6.18 Å². The number of fused-ring (bicyclic) bond motifs is 1. The summed E-state index contributed by atoms with van der Waals surface area (Å²) in [4.78, 5) is 13.7. The molecule has 1 N–H and O–H groups in total. The fraction of sp³-hybridized carbons (Fsp3) is 0.0625. The molecule has 3 rings (SSSR count). The predicted octanol–water partition coefficient (Wildman–Crippen LogP) is 4.99. The largest absolute Gasteiger partial charge is 0.457 e. The first-order chi connectivity index (χ1) is 10.8. The molecule has 0 saturated heterocycles. The van der Waals surface area contributed by atoms with Gasteiger partial charge in [-0.05, 0) is 42.5 Å². The molecule has 23 heavy (non-hydrogen) atoms. The quantitative estimate of drug-likeness (QED) is 0.714. The summed E-state index contributed by atoms with van der Waals surface area (Å²) in [5, 5.41) is 0.386. The molecule has 0 aliphatic rings. The fourth-order valence-electron chi connectivity index (χ4n) is 2.17. The van der Waals surface area contributed by atoms with Gasteiger partial charge in [-0.25, -0.2) is 0 Å². The Morgan fingerprint density at radius 3 is 2.26 bits per heavy atom. The number of aromatic nitrogens is 1. The Morgan fingerprint density at radius 2 is 1.61 bits per heavy atom. The summed E-state index contributed by atoms with van der Waals surface area (Å²) < 4.78 is 44.8. The maximum Gasteiger partial charge on any atom is 0.417 e. The highest BCUT2D eigenvalue weighted by Gasteiger charge is 2.33. The van der Waals surface area contributed by atoms with Crippen molar-refractivity contribution < 1.29 is 17.9 Å². The summed E-state index contributed by atoms with van der Waals surface area (Å²) in [5.41, 5.74) is -1.72. The minimum atomic E-state index is -4.63. The molecule has 0 unspecified atom stereocenters. The first-order valence-electron chi connectivity index (χ1n) is 6.51. The first-order valence-corrected chi connectivity index (χ1v) is 6.88. The van der Waals surface area contributed by atoms with Crippen LogP contribution in [-0.2, 0) is 6.18 Å². The highest BCUT2D eigenvalue weighted by molar-refractivity contribution is 6.30. The normalized spacial score (nSPS) is 11.7. The minimum Gasteiger partial charge on any atom is -0.457 e. The molecule has 0 atom stereocenters. The molecule has 3 nitrogen and oxygen atoms in total. The maximum atomic E-state index is 13.1. The van der Waals surface area contributed by atoms with Gasteiger partial charge in [0.25, 0.3) is 0 Å². The molecule has 118 valence electrons. The van der Waals surface area contributed by atoms with Crippen LogP contribution in [0.1, 0.15) is 5.56 Å². The van der Waals surface area contributed by atoms with Crippen molar-refractivity contribution in [1.82, 2.24) is 4.98 Å². The number of rotatable bonds is 2. The van der Waals surface area contributed by atoms with Crippen LogP contribution in [0.5, 0.6) is 11.5 Å². The van der Waals surface area contributed by atoms with E-state index in [-0.39, 0.29) is 16.7 Å². The van der Waals surface area contributed by atoms with Crippen LogP contribution in [0.15, 0.2) is 53.3 Å². The zero-order valence-electron chi connectivity index (χ0n) is 11.4. The van der Waals surface area contributed by atoms with E-state index in [0.29, 0.717) is 16.8 Å². The number of H-pyrrole nitrogens is 1. The SMILES string of the molecule is O=c1cc(C(F)(F)F)c2cc(Oc3ccc(Cl)cc3)ccc2[nH]1. The summed E-state index contributed by atoms with van der Waals surface area (Å²) in [6, 6.07) is 11.0. The van der Waals surface area contributed by atoms with Gasteiger partial charge in [0.15, 0.2) is 0 Å². The van der Waals surface area contributed by atoms with Crippen molar-refractivity contribution in [1.29, 1.82) is 0 Å². The standard InChI is InChI=1S/C16H9ClF3NO2/c17-9-1-3-10(4-2-9)23-11-5-6-14-12(7-11)13(16(18,19)20)8-15(22)21-14/h1-8H,(H,21,22). The number of hydrogen-bond acceptors (Lipinski definition) is 2. The van der Waals surface area contributed by atoms with Crippen LogP contribution in [0, 0.1) is 0 Å². The number of pyridine rings is 1. The summed E-state index contributed by atoms with van der Waals surface area (Å²) in [5.74, 6) is 0.657. The Balaban J connectivity index is 2.09. The van der Waals surface area contributed by atoms with Crippen molar-refractivity contribution in [2.45, 2.75) is 6.18 Å². The van der Waals surface area contributed by atoms with E-state index in [1.807, 2.05) is 0 Å². The highest BCUT2D eigenvalue weighted by atomic mass is 35.5. The van der Waals surface area contributed by atoms with Crippen LogP contribution in [0.25, 0.3) is 10.9 Å². The number of aromatic amines is 1. The number of benzene rings is 2. The molecular weight excluding hydrogens is 331 g/mol. The van der Waals surface area contributed by atoms with Gasteiger partial charge in [-0.2, -0.15) is 13.2 Å². The second kappa shape index (κ2) is 5.62. The average molecular weight is 340 g/mol. The molecule has 0 bridgehead atoms. The predicted molar refractivity (Wildman–Crippen MR) is 81.1 cm³/mol. The van der Waals surface area contributed by atoms with Gasteiger partial charge in [0.2, 0.25) is 5.56 Å². The van der Waals surface area contributed by atoms with Crippen molar-refractivity contribution in [3.63, 3.8) is 0 Å². The number of ether oxygens (including phenoxy) is 1. The smallest absolute Gasteiger partial charge is 0.417 e. The minimum absolute atomic E-state index is 0.0910. The lowest BCUT2D eigenvalue weighted by molar-refractivity contribution is -0.136. The Hall–Kier alpha value is -2.47. The first kappa shape index (κ1) is 15.4. The van der Waals surface area contributed by atoms with Crippen LogP contribution in [0.4, 0.5) is 13.2 Å². The van der Waals surface area contributed by atoms with E-state index in [1.54, 1.807) is 24.3 Å². The Kier molecular flexibility index (Phi) is 3.77. The van der Waals surface area contributed by atoms with Gasteiger partial charge in [0.1, 0.15) is 11.5 Å². The number of hydrogen-bond donors (Lipinski definition) is 1. The van der Waals surface area contributed by atoms with Crippen LogP contribution in [0.3, 0.4) is 0 Å². The van der Waals surface area contributed by atoms with Gasteiger partial charge in [-0.3, -0.25) is 4.79 Å². The van der Waals surface area contributed by atoms with Crippen molar-refractivity contribution in [3.05, 3.63) is 69.5 Å². The maximum absolute atomic E-state index is 13.1. The lowest BCUT2D eigenvalue weighted by Crippen LogP contribution is -2.13. The average Bonchev–Trinajstić information content (AvgIpc) is 2.48. The second-order valence-corrected chi connectivity index (χ2v) is 5.24. The molecule has 0 spiro atoms. The van der Waals surface area contributed by atoms with Gasteiger partial charge in [-0.1, -0.05) is 11.6 Å². The second-order valence-electron chi connectivity index (χ2n) is 4.81. The zero-order chi connectivity index (χ0) is 16.6. The van der Waals surface area contributed by atoms with Gasteiger partial charge in [0, 0.05) is 22.0 Å². The van der Waals surface area contributed by atoms with Crippen molar-refractivity contribution in [2.24, 2.45) is 0 Å².